The van der Waals surface area contributed by atoms with Gasteiger partial charge in [-0.3, -0.25) is 9.78 Å². The highest BCUT2D eigenvalue weighted by atomic mass is 32.2. The van der Waals surface area contributed by atoms with Crippen LogP contribution < -0.4 is 5.32 Å². The molecule has 1 N–H and O–H groups in total. The first-order valence-electron chi connectivity index (χ1n) is 7.93. The first-order valence-corrected chi connectivity index (χ1v) is 9.37. The molecule has 1 aliphatic rings. The highest BCUT2D eigenvalue weighted by Gasteiger charge is 2.39. The van der Waals surface area contributed by atoms with Crippen molar-refractivity contribution in [3.8, 4) is 0 Å². The molecule has 0 spiro atoms. The first kappa shape index (κ1) is 17.5. The van der Waals surface area contributed by atoms with Gasteiger partial charge >= 0.3 is 0 Å². The third-order valence-electron chi connectivity index (χ3n) is 4.10. The van der Waals surface area contributed by atoms with Gasteiger partial charge in [0, 0.05) is 12.7 Å². The van der Waals surface area contributed by atoms with E-state index in [-0.39, 0.29) is 23.9 Å². The van der Waals surface area contributed by atoms with Gasteiger partial charge in [-0.15, -0.1) is 0 Å². The van der Waals surface area contributed by atoms with E-state index in [1.165, 1.54) is 16.4 Å². The fraction of sp³-hybridized carbons (Fsp3) is 0.294. The van der Waals surface area contributed by atoms with Gasteiger partial charge in [-0.25, -0.2) is 12.8 Å². The van der Waals surface area contributed by atoms with Crippen molar-refractivity contribution in [2.24, 2.45) is 0 Å². The van der Waals surface area contributed by atoms with Gasteiger partial charge in [-0.05, 0) is 49.2 Å². The molecule has 1 aliphatic heterocycles. The molecule has 6 nitrogen and oxygen atoms in total. The maximum absolute atomic E-state index is 13.0. The zero-order valence-electron chi connectivity index (χ0n) is 13.4. The average molecular weight is 363 g/mol. The largest absolute Gasteiger partial charge is 0.349 e. The van der Waals surface area contributed by atoms with E-state index in [0.29, 0.717) is 18.5 Å². The molecular formula is C17H18FN3O3S. The summed E-state index contributed by atoms with van der Waals surface area (Å²) in [6, 6.07) is 9.23. The Labute approximate surface area is 145 Å². The van der Waals surface area contributed by atoms with Gasteiger partial charge in [-0.2, -0.15) is 4.31 Å². The predicted molar refractivity (Wildman–Crippen MR) is 89.4 cm³/mol. The van der Waals surface area contributed by atoms with Crippen molar-refractivity contribution in [3.63, 3.8) is 0 Å². The highest BCUT2D eigenvalue weighted by Crippen LogP contribution is 2.26. The van der Waals surface area contributed by atoms with Gasteiger partial charge in [0.15, 0.2) is 0 Å². The number of hydrogen-bond donors (Lipinski definition) is 1. The van der Waals surface area contributed by atoms with E-state index < -0.39 is 21.9 Å². The van der Waals surface area contributed by atoms with Crippen molar-refractivity contribution < 1.29 is 17.6 Å². The number of nitrogens with zero attached hydrogens (tertiary/aromatic N) is 2. The van der Waals surface area contributed by atoms with Crippen LogP contribution in [0.1, 0.15) is 18.5 Å². The van der Waals surface area contributed by atoms with E-state index in [1.54, 1.807) is 18.3 Å². The Morgan fingerprint density at radius 3 is 2.68 bits per heavy atom. The molecule has 2 heterocycles. The van der Waals surface area contributed by atoms with Gasteiger partial charge in [-0.1, -0.05) is 6.07 Å². The Kier molecular flexibility index (Phi) is 5.10. The number of aromatic nitrogens is 1. The van der Waals surface area contributed by atoms with E-state index in [4.69, 9.17) is 0 Å². The molecule has 1 fully saturated rings. The molecule has 1 aromatic carbocycles. The van der Waals surface area contributed by atoms with Crippen molar-refractivity contribution in [2.45, 2.75) is 30.3 Å². The van der Waals surface area contributed by atoms with E-state index >= 15 is 0 Å². The van der Waals surface area contributed by atoms with E-state index in [2.05, 4.69) is 10.3 Å². The summed E-state index contributed by atoms with van der Waals surface area (Å²) < 4.78 is 39.7. The lowest BCUT2D eigenvalue weighted by molar-refractivity contribution is -0.124. The van der Waals surface area contributed by atoms with Crippen LogP contribution in [0.2, 0.25) is 0 Å². The number of carbonyl (C=O) groups excluding carboxylic acids is 1. The number of amides is 1. The monoisotopic (exact) mass is 363 g/mol. The third-order valence-corrected chi connectivity index (χ3v) is 6.02. The molecule has 1 amide bonds. The van der Waals surface area contributed by atoms with Crippen molar-refractivity contribution in [3.05, 3.63) is 60.2 Å². The van der Waals surface area contributed by atoms with Crippen molar-refractivity contribution in [1.29, 1.82) is 0 Å². The van der Waals surface area contributed by atoms with Crippen LogP contribution in [0.3, 0.4) is 0 Å². The molecule has 0 saturated carbocycles. The summed E-state index contributed by atoms with van der Waals surface area (Å²) in [5.74, 6) is -0.862. The minimum Gasteiger partial charge on any atom is -0.349 e. The maximum atomic E-state index is 13.0. The molecule has 0 aliphatic carbocycles. The van der Waals surface area contributed by atoms with Crippen molar-refractivity contribution in [2.75, 3.05) is 6.54 Å². The Hall–Kier alpha value is -2.32. The maximum Gasteiger partial charge on any atom is 0.243 e. The fourth-order valence-electron chi connectivity index (χ4n) is 2.83. The fourth-order valence-corrected chi connectivity index (χ4v) is 4.49. The summed E-state index contributed by atoms with van der Waals surface area (Å²) >= 11 is 0. The number of rotatable bonds is 5. The second kappa shape index (κ2) is 7.28. The molecule has 25 heavy (non-hydrogen) atoms. The Morgan fingerprint density at radius 1 is 1.24 bits per heavy atom. The highest BCUT2D eigenvalue weighted by molar-refractivity contribution is 7.89. The molecule has 0 radical (unpaired) electrons. The summed E-state index contributed by atoms with van der Waals surface area (Å²) in [4.78, 5) is 16.6. The number of benzene rings is 1. The standard InChI is InChI=1S/C17H18FN3O3S/c18-13-6-8-15(9-7-13)25(23,24)21-11-3-5-16(21)17(22)20-12-14-4-1-2-10-19-14/h1-2,4,6-10,16H,3,5,11-12H2,(H,20,22). The van der Waals surface area contributed by atoms with E-state index in [9.17, 15) is 17.6 Å². The van der Waals surface area contributed by atoms with Gasteiger partial charge in [0.25, 0.3) is 0 Å². The normalized spacial score (nSPS) is 18.2. The number of pyridine rings is 1. The van der Waals surface area contributed by atoms with Crippen LogP contribution in [0.25, 0.3) is 0 Å². The zero-order chi connectivity index (χ0) is 17.9. The molecule has 132 valence electrons. The molecule has 2 aromatic rings. The lowest BCUT2D eigenvalue weighted by Crippen LogP contribution is -2.45. The van der Waals surface area contributed by atoms with Crippen LogP contribution in [0.15, 0.2) is 53.6 Å². The molecular weight excluding hydrogens is 345 g/mol. The topological polar surface area (TPSA) is 79.4 Å². The van der Waals surface area contributed by atoms with Crippen molar-refractivity contribution in [1.82, 2.24) is 14.6 Å². The molecule has 1 saturated heterocycles. The Morgan fingerprint density at radius 2 is 2.00 bits per heavy atom. The molecule has 3 rings (SSSR count). The van der Waals surface area contributed by atoms with Gasteiger partial charge < -0.3 is 5.32 Å². The zero-order valence-corrected chi connectivity index (χ0v) is 14.2. The minimum atomic E-state index is -3.84. The Bertz CT molecular complexity index is 841. The van der Waals surface area contributed by atoms with Crippen LogP contribution >= 0.6 is 0 Å². The second-order valence-electron chi connectivity index (χ2n) is 5.77. The minimum absolute atomic E-state index is 0.0154. The van der Waals surface area contributed by atoms with E-state index in [0.717, 1.165) is 12.1 Å². The predicted octanol–water partition coefficient (Wildman–Crippen LogP) is 1.69. The molecule has 1 aromatic heterocycles. The molecule has 0 bridgehead atoms. The molecule has 8 heteroatoms. The average Bonchev–Trinajstić information content (AvgIpc) is 3.12. The van der Waals surface area contributed by atoms with Crippen LogP contribution in [-0.2, 0) is 21.4 Å². The SMILES string of the molecule is O=C(NCc1ccccn1)C1CCCN1S(=O)(=O)c1ccc(F)cc1. The number of sulfonamides is 1. The summed E-state index contributed by atoms with van der Waals surface area (Å²) in [5, 5.41) is 2.74. The number of halogens is 1. The van der Waals surface area contributed by atoms with Gasteiger partial charge in [0.2, 0.25) is 15.9 Å². The van der Waals surface area contributed by atoms with Gasteiger partial charge in [0.05, 0.1) is 17.1 Å². The van der Waals surface area contributed by atoms with Crippen molar-refractivity contribution >= 4 is 15.9 Å². The third kappa shape index (κ3) is 3.85. The lowest BCUT2D eigenvalue weighted by Gasteiger charge is -2.23. The second-order valence-corrected chi connectivity index (χ2v) is 7.66. The quantitative estimate of drug-likeness (QED) is 0.877. The van der Waals surface area contributed by atoms with Gasteiger partial charge in [0.1, 0.15) is 11.9 Å². The summed E-state index contributed by atoms with van der Waals surface area (Å²) in [6.07, 6.45) is 2.68. The van der Waals surface area contributed by atoms with Crippen LogP contribution in [0, 0.1) is 5.82 Å². The lowest BCUT2D eigenvalue weighted by atomic mass is 10.2. The Balaban J connectivity index is 1.73. The van der Waals surface area contributed by atoms with E-state index in [1.807, 2.05) is 6.07 Å². The number of nitrogens with one attached hydrogen (secondary N) is 1. The summed E-state index contributed by atoms with van der Waals surface area (Å²) in [6.45, 7) is 0.502. The number of carbonyl (C=O) groups is 1. The first-order chi connectivity index (χ1) is 12.0. The smallest absolute Gasteiger partial charge is 0.243 e. The summed E-state index contributed by atoms with van der Waals surface area (Å²) in [7, 11) is -3.84. The van der Waals surface area contributed by atoms with Crippen LogP contribution in [0.4, 0.5) is 4.39 Å². The summed E-state index contributed by atoms with van der Waals surface area (Å²) in [5.41, 5.74) is 0.696. The number of hydrogen-bond acceptors (Lipinski definition) is 4. The van der Waals surface area contributed by atoms with Crippen LogP contribution in [0.5, 0.6) is 0 Å². The molecule has 1 atom stereocenters. The van der Waals surface area contributed by atoms with Crippen LogP contribution in [-0.4, -0.2) is 36.2 Å². The molecule has 1 unspecified atom stereocenters.